The third kappa shape index (κ3) is 6.67. The van der Waals surface area contributed by atoms with Gasteiger partial charge in [-0.05, 0) is 67.6 Å². The maximum atomic E-state index is 13.6. The van der Waals surface area contributed by atoms with Crippen molar-refractivity contribution in [2.75, 3.05) is 13.1 Å². The van der Waals surface area contributed by atoms with Gasteiger partial charge in [0.05, 0.1) is 17.5 Å². The average Bonchev–Trinajstić information content (AvgIpc) is 2.79. The molecule has 1 atom stereocenters. The second kappa shape index (κ2) is 11.0. The molecule has 0 aromatic heterocycles. The predicted octanol–water partition coefficient (Wildman–Crippen LogP) is 5.07. The van der Waals surface area contributed by atoms with E-state index < -0.39 is 10.0 Å². The summed E-state index contributed by atoms with van der Waals surface area (Å²) in [6.45, 7) is 5.41. The van der Waals surface area contributed by atoms with Gasteiger partial charge < -0.3 is 5.32 Å². The topological polar surface area (TPSA) is 66.5 Å². The van der Waals surface area contributed by atoms with E-state index in [-0.39, 0.29) is 29.9 Å². The van der Waals surface area contributed by atoms with Gasteiger partial charge in [0, 0.05) is 11.6 Å². The first-order valence-electron chi connectivity index (χ1n) is 10.8. The number of sulfonamides is 1. The van der Waals surface area contributed by atoms with Crippen molar-refractivity contribution in [2.45, 2.75) is 38.1 Å². The molecule has 3 aromatic rings. The number of nitrogens with one attached hydrogen (secondary N) is 1. The molecule has 174 valence electrons. The normalized spacial score (nSPS) is 12.5. The van der Waals surface area contributed by atoms with E-state index >= 15 is 0 Å². The molecule has 1 unspecified atom stereocenters. The van der Waals surface area contributed by atoms with Gasteiger partial charge in [-0.2, -0.15) is 4.31 Å². The zero-order valence-electron chi connectivity index (χ0n) is 19.1. The Kier molecular flexibility index (Phi) is 8.30. The largest absolute Gasteiger partial charge is 0.348 e. The van der Waals surface area contributed by atoms with E-state index in [2.05, 4.69) is 5.32 Å². The van der Waals surface area contributed by atoms with E-state index in [0.29, 0.717) is 17.0 Å². The quantitative estimate of drug-likeness (QED) is 0.461. The Morgan fingerprint density at radius 3 is 2.33 bits per heavy atom. The molecule has 0 aliphatic heterocycles. The lowest BCUT2D eigenvalue weighted by Gasteiger charge is -2.24. The van der Waals surface area contributed by atoms with Crippen LogP contribution in [-0.2, 0) is 21.2 Å². The average molecular weight is 485 g/mol. The highest BCUT2D eigenvalue weighted by Gasteiger charge is 2.28. The number of rotatable bonds is 9. The highest BCUT2D eigenvalue weighted by molar-refractivity contribution is 7.89. The van der Waals surface area contributed by atoms with E-state index in [9.17, 15) is 13.2 Å². The van der Waals surface area contributed by atoms with Gasteiger partial charge in [-0.3, -0.25) is 4.79 Å². The molecule has 0 aliphatic carbocycles. The Morgan fingerprint density at radius 1 is 1.00 bits per heavy atom. The van der Waals surface area contributed by atoms with Gasteiger partial charge in [-0.15, -0.1) is 0 Å². The Hall–Kier alpha value is -2.67. The number of hydrogen-bond donors (Lipinski definition) is 1. The fraction of sp³-hybridized carbons (Fsp3) is 0.269. The van der Waals surface area contributed by atoms with Gasteiger partial charge in [-0.1, -0.05) is 66.2 Å². The number of halogens is 1. The molecule has 0 saturated carbocycles. The Morgan fingerprint density at radius 2 is 1.67 bits per heavy atom. The highest BCUT2D eigenvalue weighted by Crippen LogP contribution is 2.22. The van der Waals surface area contributed by atoms with Gasteiger partial charge >= 0.3 is 0 Å². The van der Waals surface area contributed by atoms with E-state index in [1.807, 2.05) is 62.4 Å². The van der Waals surface area contributed by atoms with E-state index in [1.54, 1.807) is 31.2 Å². The first-order chi connectivity index (χ1) is 15.7. The van der Waals surface area contributed by atoms with Gasteiger partial charge in [-0.25, -0.2) is 8.42 Å². The Labute approximate surface area is 201 Å². The molecule has 1 amide bonds. The molecule has 5 nitrogen and oxygen atoms in total. The molecule has 3 aromatic carbocycles. The van der Waals surface area contributed by atoms with Crippen LogP contribution >= 0.6 is 11.6 Å². The Balaban J connectivity index is 1.82. The van der Waals surface area contributed by atoms with Crippen molar-refractivity contribution < 1.29 is 13.2 Å². The summed E-state index contributed by atoms with van der Waals surface area (Å²) in [4.78, 5) is 13.1. The van der Waals surface area contributed by atoms with Crippen molar-refractivity contribution >= 4 is 27.5 Å². The van der Waals surface area contributed by atoms with Crippen LogP contribution in [0.3, 0.4) is 0 Å². The molecule has 1 N–H and O–H groups in total. The van der Waals surface area contributed by atoms with Crippen molar-refractivity contribution in [1.29, 1.82) is 0 Å². The predicted molar refractivity (Wildman–Crippen MR) is 133 cm³/mol. The van der Waals surface area contributed by atoms with Crippen LogP contribution in [0, 0.1) is 13.8 Å². The first kappa shape index (κ1) is 25.0. The zero-order valence-corrected chi connectivity index (χ0v) is 20.7. The second-order valence-corrected chi connectivity index (χ2v) is 10.5. The monoisotopic (exact) mass is 484 g/mol. The molecule has 0 fully saturated rings. The summed E-state index contributed by atoms with van der Waals surface area (Å²) in [6.07, 6.45) is 0.505. The summed E-state index contributed by atoms with van der Waals surface area (Å²) >= 11 is 5.95. The maximum Gasteiger partial charge on any atom is 0.243 e. The first-order valence-corrected chi connectivity index (χ1v) is 12.6. The van der Waals surface area contributed by atoms with Gasteiger partial charge in [0.25, 0.3) is 0 Å². The molecule has 0 spiro atoms. The van der Waals surface area contributed by atoms with Crippen molar-refractivity contribution in [1.82, 2.24) is 9.62 Å². The van der Waals surface area contributed by atoms with Crippen LogP contribution in [0.5, 0.6) is 0 Å². The summed E-state index contributed by atoms with van der Waals surface area (Å²) in [5, 5.41) is 3.52. The minimum absolute atomic E-state index is 0.197. The SMILES string of the molecule is Cc1ccc(C)c(S(=O)(=O)N(CCc2ccccc2)CC(=O)NC(C)c2ccc(Cl)cc2)c1. The zero-order chi connectivity index (χ0) is 24.0. The second-order valence-electron chi connectivity index (χ2n) is 8.18. The van der Waals surface area contributed by atoms with Crippen LogP contribution < -0.4 is 5.32 Å². The van der Waals surface area contributed by atoms with E-state index in [4.69, 9.17) is 11.6 Å². The van der Waals surface area contributed by atoms with Crippen molar-refractivity contribution in [3.63, 3.8) is 0 Å². The van der Waals surface area contributed by atoms with Crippen LogP contribution in [0.1, 0.15) is 35.2 Å². The molecule has 3 rings (SSSR count). The van der Waals surface area contributed by atoms with Crippen molar-refractivity contribution in [2.24, 2.45) is 0 Å². The lowest BCUT2D eigenvalue weighted by Crippen LogP contribution is -2.42. The van der Waals surface area contributed by atoms with Gasteiger partial charge in [0.2, 0.25) is 15.9 Å². The number of carbonyl (C=O) groups excluding carboxylic acids is 1. The Bertz CT molecular complexity index is 1200. The molecule has 7 heteroatoms. The van der Waals surface area contributed by atoms with Crippen LogP contribution in [-0.4, -0.2) is 31.7 Å². The van der Waals surface area contributed by atoms with Crippen molar-refractivity contribution in [3.8, 4) is 0 Å². The number of benzene rings is 3. The number of nitrogens with zero attached hydrogens (tertiary/aromatic N) is 1. The standard InChI is InChI=1S/C26H29ClN2O3S/c1-19-9-10-20(2)25(17-19)33(31,32)29(16-15-22-7-5-4-6-8-22)18-26(30)28-21(3)23-11-13-24(27)14-12-23/h4-14,17,21H,15-16,18H2,1-3H3,(H,28,30). The van der Waals surface area contributed by atoms with Crippen LogP contribution in [0.15, 0.2) is 77.7 Å². The number of carbonyl (C=O) groups is 1. The molecule has 0 aliphatic rings. The molecule has 0 radical (unpaired) electrons. The lowest BCUT2D eigenvalue weighted by molar-refractivity contribution is -0.121. The maximum absolute atomic E-state index is 13.6. The van der Waals surface area contributed by atoms with Crippen LogP contribution in [0.25, 0.3) is 0 Å². The minimum atomic E-state index is -3.87. The third-order valence-electron chi connectivity index (χ3n) is 5.52. The van der Waals surface area contributed by atoms with Crippen LogP contribution in [0.4, 0.5) is 0 Å². The number of amides is 1. The molecular weight excluding hydrogens is 456 g/mol. The lowest BCUT2D eigenvalue weighted by atomic mass is 10.1. The van der Waals surface area contributed by atoms with Crippen molar-refractivity contribution in [3.05, 3.63) is 100 Å². The van der Waals surface area contributed by atoms with Crippen LogP contribution in [0.2, 0.25) is 5.02 Å². The summed E-state index contributed by atoms with van der Waals surface area (Å²) < 4.78 is 28.4. The number of aryl methyl sites for hydroxylation is 2. The molecule has 0 heterocycles. The summed E-state index contributed by atoms with van der Waals surface area (Å²) in [7, 11) is -3.87. The van der Waals surface area contributed by atoms with E-state index in [1.165, 1.54) is 4.31 Å². The summed E-state index contributed by atoms with van der Waals surface area (Å²) in [5.41, 5.74) is 3.40. The highest BCUT2D eigenvalue weighted by atomic mass is 35.5. The molecule has 0 saturated heterocycles. The van der Waals surface area contributed by atoms with E-state index in [0.717, 1.165) is 16.7 Å². The summed E-state index contributed by atoms with van der Waals surface area (Å²) in [5.74, 6) is -0.362. The minimum Gasteiger partial charge on any atom is -0.348 e. The molecule has 33 heavy (non-hydrogen) atoms. The molecule has 0 bridgehead atoms. The number of hydrogen-bond acceptors (Lipinski definition) is 3. The smallest absolute Gasteiger partial charge is 0.243 e. The summed E-state index contributed by atoms with van der Waals surface area (Å²) in [6, 6.07) is 21.9. The fourth-order valence-electron chi connectivity index (χ4n) is 3.59. The molecular formula is C26H29ClN2O3S. The van der Waals surface area contributed by atoms with Gasteiger partial charge in [0.15, 0.2) is 0 Å². The fourth-order valence-corrected chi connectivity index (χ4v) is 5.42. The third-order valence-corrected chi connectivity index (χ3v) is 7.76. The van der Waals surface area contributed by atoms with Gasteiger partial charge in [0.1, 0.15) is 0 Å².